The van der Waals surface area contributed by atoms with Crippen molar-refractivity contribution in [1.29, 1.82) is 0 Å². The molecule has 4 fully saturated rings. The number of aliphatic hydroxyl groups is 1. The van der Waals surface area contributed by atoms with Crippen LogP contribution in [0.3, 0.4) is 0 Å². The van der Waals surface area contributed by atoms with Crippen LogP contribution in [0.2, 0.25) is 5.02 Å². The lowest BCUT2D eigenvalue weighted by Crippen LogP contribution is -2.62. The first-order chi connectivity index (χ1) is 15.5. The molecule has 6 nitrogen and oxygen atoms in total. The van der Waals surface area contributed by atoms with Gasteiger partial charge in [-0.25, -0.2) is 4.98 Å². The van der Waals surface area contributed by atoms with Crippen molar-refractivity contribution in [3.8, 4) is 0 Å². The van der Waals surface area contributed by atoms with Gasteiger partial charge in [-0.2, -0.15) is 4.98 Å². The van der Waals surface area contributed by atoms with Crippen LogP contribution < -0.4 is 10.2 Å². The summed E-state index contributed by atoms with van der Waals surface area (Å²) in [6.45, 7) is 2.05. The second kappa shape index (κ2) is 6.67. The third-order valence-electron chi connectivity index (χ3n) is 8.47. The molecule has 0 bridgehead atoms. The van der Waals surface area contributed by atoms with E-state index >= 15 is 0 Å². The van der Waals surface area contributed by atoms with Crippen LogP contribution in [0.4, 0.5) is 11.8 Å². The summed E-state index contributed by atoms with van der Waals surface area (Å²) in [5.41, 5.74) is 2.43. The lowest BCUT2D eigenvalue weighted by Gasteiger charge is -2.59. The highest BCUT2D eigenvalue weighted by Gasteiger charge is 2.56. The molecule has 7 rings (SSSR count). The molecular formula is C24H27ClN4O2S. The molecule has 8 heteroatoms. The molecule has 3 saturated carbocycles. The van der Waals surface area contributed by atoms with E-state index in [9.17, 15) is 9.32 Å². The highest BCUT2D eigenvalue weighted by atomic mass is 35.5. The average molecular weight is 471 g/mol. The van der Waals surface area contributed by atoms with Crippen molar-refractivity contribution in [3.63, 3.8) is 0 Å². The van der Waals surface area contributed by atoms with Crippen LogP contribution in [-0.2, 0) is 10.8 Å². The van der Waals surface area contributed by atoms with Gasteiger partial charge in [0.2, 0.25) is 5.95 Å². The van der Waals surface area contributed by atoms with Gasteiger partial charge in [0.05, 0.1) is 28.6 Å². The normalized spacial score (nSPS) is 30.7. The number of nitrogens with one attached hydrogen (secondary N) is 1. The summed E-state index contributed by atoms with van der Waals surface area (Å²) < 4.78 is 13.0. The molecule has 3 aliphatic carbocycles. The quantitative estimate of drug-likeness (QED) is 0.691. The van der Waals surface area contributed by atoms with Crippen LogP contribution in [0.1, 0.15) is 61.6 Å². The smallest absolute Gasteiger partial charge is 0.227 e. The Morgan fingerprint density at radius 1 is 1.19 bits per heavy atom. The van der Waals surface area contributed by atoms with E-state index in [1.54, 1.807) is 0 Å². The number of aromatic nitrogens is 2. The summed E-state index contributed by atoms with van der Waals surface area (Å²) in [4.78, 5) is 12.9. The molecule has 1 aromatic carbocycles. The zero-order chi connectivity index (χ0) is 21.7. The van der Waals surface area contributed by atoms with Crippen molar-refractivity contribution in [3.05, 3.63) is 40.5 Å². The van der Waals surface area contributed by atoms with Crippen molar-refractivity contribution in [1.82, 2.24) is 9.97 Å². The summed E-state index contributed by atoms with van der Waals surface area (Å²) in [5, 5.41) is 14.5. The fraction of sp³-hybridized carbons (Fsp3) is 0.583. The Kier molecular flexibility index (Phi) is 4.12. The standard InChI is InChI=1S/C24H27ClN4O2S/c25-16-4-2-14(3-5-16)15-9-23(10-15)11-29(12-23)22-26-19-17-8-18(17)32(31)20(19)21(27-22)28-24(13-30)6-1-7-24/h2-5,15,17-18,30H,1,6-13H2,(H,26,27,28). The van der Waals surface area contributed by atoms with Crippen molar-refractivity contribution >= 4 is 34.2 Å². The molecule has 5 aliphatic rings. The third-order valence-corrected chi connectivity index (χ3v) is 10.6. The minimum Gasteiger partial charge on any atom is -0.394 e. The van der Waals surface area contributed by atoms with E-state index in [2.05, 4.69) is 22.3 Å². The first kappa shape index (κ1) is 19.7. The molecule has 3 atom stereocenters. The van der Waals surface area contributed by atoms with E-state index in [0.29, 0.717) is 23.1 Å². The van der Waals surface area contributed by atoms with Gasteiger partial charge in [-0.1, -0.05) is 23.7 Å². The molecular weight excluding hydrogens is 444 g/mol. The summed E-state index contributed by atoms with van der Waals surface area (Å²) in [6.07, 6.45) is 6.33. The maximum atomic E-state index is 13.0. The maximum absolute atomic E-state index is 13.0. The predicted octanol–water partition coefficient (Wildman–Crippen LogP) is 3.82. The first-order valence-electron chi connectivity index (χ1n) is 11.7. The number of rotatable bonds is 5. The lowest BCUT2D eigenvalue weighted by atomic mass is 9.56. The van der Waals surface area contributed by atoms with Crippen LogP contribution in [0.5, 0.6) is 0 Å². The van der Waals surface area contributed by atoms with Gasteiger partial charge < -0.3 is 15.3 Å². The average Bonchev–Trinajstić information content (AvgIpc) is 3.45. The third kappa shape index (κ3) is 2.83. The van der Waals surface area contributed by atoms with Crippen molar-refractivity contribution in [2.24, 2.45) is 5.41 Å². The SMILES string of the molecule is O=S1c2c(NC3(CO)CCC3)nc(N3CC4(CC(c5ccc(Cl)cc5)C4)C3)nc2C2CC21. The number of hydrogen-bond donors (Lipinski definition) is 2. The molecule has 168 valence electrons. The largest absolute Gasteiger partial charge is 0.394 e. The fourth-order valence-corrected chi connectivity index (χ4v) is 8.20. The van der Waals surface area contributed by atoms with Gasteiger partial charge in [-0.15, -0.1) is 0 Å². The number of halogens is 1. The van der Waals surface area contributed by atoms with Crippen molar-refractivity contribution < 1.29 is 9.32 Å². The minimum atomic E-state index is -1.03. The van der Waals surface area contributed by atoms with Crippen LogP contribution in [0, 0.1) is 5.41 Å². The Morgan fingerprint density at radius 3 is 2.59 bits per heavy atom. The van der Waals surface area contributed by atoms with Gasteiger partial charge in [-0.05, 0) is 62.1 Å². The van der Waals surface area contributed by atoms with Crippen LogP contribution in [-0.4, -0.2) is 49.8 Å². The Balaban J connectivity index is 1.11. The molecule has 2 aliphatic heterocycles. The molecule has 0 radical (unpaired) electrons. The number of anilines is 2. The van der Waals surface area contributed by atoms with Crippen molar-refractivity contribution in [2.45, 2.75) is 66.0 Å². The summed E-state index contributed by atoms with van der Waals surface area (Å²) in [7, 11) is -1.03. The van der Waals surface area contributed by atoms with Crippen LogP contribution in [0.15, 0.2) is 29.2 Å². The Morgan fingerprint density at radius 2 is 1.94 bits per heavy atom. The molecule has 3 unspecified atom stereocenters. The Hall–Kier alpha value is -1.70. The van der Waals surface area contributed by atoms with Gasteiger partial charge in [-0.3, -0.25) is 4.21 Å². The molecule has 1 spiro atoms. The lowest BCUT2D eigenvalue weighted by molar-refractivity contribution is 0.0620. The second-order valence-corrected chi connectivity index (χ2v) is 12.7. The van der Waals surface area contributed by atoms with E-state index in [1.807, 2.05) is 12.1 Å². The van der Waals surface area contributed by atoms with Gasteiger partial charge in [0.1, 0.15) is 10.7 Å². The molecule has 2 aromatic rings. The predicted molar refractivity (Wildman–Crippen MR) is 125 cm³/mol. The van der Waals surface area contributed by atoms with Crippen LogP contribution in [0.25, 0.3) is 0 Å². The van der Waals surface area contributed by atoms with Crippen LogP contribution >= 0.6 is 11.6 Å². The molecule has 3 heterocycles. The van der Waals surface area contributed by atoms with E-state index in [0.717, 1.165) is 60.3 Å². The molecule has 1 aromatic heterocycles. The van der Waals surface area contributed by atoms with Gasteiger partial charge in [0, 0.05) is 34.7 Å². The molecule has 2 N–H and O–H groups in total. The first-order valence-corrected chi connectivity index (χ1v) is 13.3. The van der Waals surface area contributed by atoms with E-state index in [1.165, 1.54) is 18.4 Å². The second-order valence-electron chi connectivity index (χ2n) is 10.7. The Labute approximate surface area is 195 Å². The topological polar surface area (TPSA) is 78.3 Å². The zero-order valence-corrected chi connectivity index (χ0v) is 19.5. The number of nitrogens with zero attached hydrogens (tertiary/aromatic N) is 3. The minimum absolute atomic E-state index is 0.0829. The molecule has 0 amide bonds. The monoisotopic (exact) mass is 470 g/mol. The molecule has 1 saturated heterocycles. The van der Waals surface area contributed by atoms with Gasteiger partial charge in [0.25, 0.3) is 0 Å². The van der Waals surface area contributed by atoms with E-state index in [4.69, 9.17) is 21.6 Å². The maximum Gasteiger partial charge on any atom is 0.227 e. The Bertz CT molecular complexity index is 1120. The number of fused-ring (bicyclic) bond motifs is 3. The number of benzene rings is 1. The number of hydrogen-bond acceptors (Lipinski definition) is 6. The summed E-state index contributed by atoms with van der Waals surface area (Å²) >= 11 is 6.04. The van der Waals surface area contributed by atoms with Gasteiger partial charge in [0.15, 0.2) is 0 Å². The van der Waals surface area contributed by atoms with Gasteiger partial charge >= 0.3 is 0 Å². The number of aliphatic hydroxyl groups excluding tert-OH is 1. The van der Waals surface area contributed by atoms with E-state index < -0.39 is 10.8 Å². The molecule has 32 heavy (non-hydrogen) atoms. The fourth-order valence-electron chi connectivity index (χ4n) is 6.28. The zero-order valence-electron chi connectivity index (χ0n) is 17.9. The van der Waals surface area contributed by atoms with E-state index in [-0.39, 0.29) is 17.4 Å². The highest BCUT2D eigenvalue weighted by molar-refractivity contribution is 7.86. The highest BCUT2D eigenvalue weighted by Crippen LogP contribution is 2.58. The summed E-state index contributed by atoms with van der Waals surface area (Å²) in [5.74, 6) is 2.42. The van der Waals surface area contributed by atoms with Crippen molar-refractivity contribution in [2.75, 3.05) is 29.9 Å². The summed E-state index contributed by atoms with van der Waals surface area (Å²) in [6, 6.07) is 8.28.